The average molecular weight is 390 g/mol. The second-order valence-corrected chi connectivity index (χ2v) is 7.40. The van der Waals surface area contributed by atoms with Crippen molar-refractivity contribution in [3.05, 3.63) is 28.2 Å². The molecule has 0 spiro atoms. The van der Waals surface area contributed by atoms with Gasteiger partial charge in [-0.05, 0) is 25.1 Å². The zero-order valence-electron chi connectivity index (χ0n) is 14.3. The van der Waals surface area contributed by atoms with E-state index in [-0.39, 0.29) is 19.1 Å². The summed E-state index contributed by atoms with van der Waals surface area (Å²) in [5, 5.41) is 13.0. The summed E-state index contributed by atoms with van der Waals surface area (Å²) >= 11 is 11.7. The second kappa shape index (κ2) is 7.40. The first-order valence-electron chi connectivity index (χ1n) is 7.87. The zero-order chi connectivity index (χ0) is 18.8. The number of carbonyl (C=O) groups excluding carboxylic acids is 1. The minimum absolute atomic E-state index is 0.206. The maximum atomic E-state index is 12.2. The molecular weight excluding hydrogens is 369 g/mol. The first-order chi connectivity index (χ1) is 11.6. The molecule has 138 valence electrons. The van der Waals surface area contributed by atoms with Crippen LogP contribution >= 0.6 is 23.2 Å². The fraction of sp³-hybridized carbons (Fsp3) is 0.529. The van der Waals surface area contributed by atoms with Crippen molar-refractivity contribution in [2.75, 3.05) is 13.2 Å². The zero-order valence-corrected chi connectivity index (χ0v) is 15.8. The van der Waals surface area contributed by atoms with Crippen LogP contribution in [-0.2, 0) is 14.3 Å². The van der Waals surface area contributed by atoms with Gasteiger partial charge in [0.1, 0.15) is 11.3 Å². The third-order valence-electron chi connectivity index (χ3n) is 4.69. The van der Waals surface area contributed by atoms with Crippen LogP contribution < -0.4 is 10.1 Å². The number of nitrogens with one attached hydrogen (secondary N) is 1. The van der Waals surface area contributed by atoms with Crippen LogP contribution in [0, 0.1) is 5.41 Å². The number of ether oxygens (including phenoxy) is 2. The van der Waals surface area contributed by atoms with Gasteiger partial charge in [-0.2, -0.15) is 0 Å². The quantitative estimate of drug-likeness (QED) is 0.747. The van der Waals surface area contributed by atoms with E-state index in [4.69, 9.17) is 32.7 Å². The molecule has 1 aromatic carbocycles. The van der Waals surface area contributed by atoms with Crippen LogP contribution in [0.2, 0.25) is 10.0 Å². The predicted octanol–water partition coefficient (Wildman–Crippen LogP) is 3.15. The third-order valence-corrected chi connectivity index (χ3v) is 5.12. The van der Waals surface area contributed by atoms with Gasteiger partial charge in [0, 0.05) is 28.5 Å². The molecule has 8 heteroatoms. The SMILES string of the molecule is CCOC1CC(NC(=O)COc2cc(Cl)cc(Cl)c2)(C(=O)O)C1(C)C. The first kappa shape index (κ1) is 19.8. The van der Waals surface area contributed by atoms with Gasteiger partial charge in [-0.1, -0.05) is 37.0 Å². The number of aliphatic carboxylic acids is 1. The third kappa shape index (κ3) is 3.86. The summed E-state index contributed by atoms with van der Waals surface area (Å²) in [5.74, 6) is -1.30. The summed E-state index contributed by atoms with van der Waals surface area (Å²) in [6.07, 6.45) is -0.0284. The fourth-order valence-electron chi connectivity index (χ4n) is 3.07. The van der Waals surface area contributed by atoms with Gasteiger partial charge in [-0.3, -0.25) is 4.79 Å². The summed E-state index contributed by atoms with van der Waals surface area (Å²) in [4.78, 5) is 24.1. The first-order valence-corrected chi connectivity index (χ1v) is 8.63. The molecule has 1 fully saturated rings. The van der Waals surface area contributed by atoms with Gasteiger partial charge in [0.05, 0.1) is 6.10 Å². The molecule has 2 N–H and O–H groups in total. The number of rotatable bonds is 7. The number of carboxylic acid groups (broad SMARTS) is 1. The second-order valence-electron chi connectivity index (χ2n) is 6.52. The van der Waals surface area contributed by atoms with Crippen LogP contribution in [0.1, 0.15) is 27.2 Å². The summed E-state index contributed by atoms with van der Waals surface area (Å²) in [7, 11) is 0. The molecule has 0 bridgehead atoms. The molecule has 2 atom stereocenters. The Hall–Kier alpha value is -1.50. The number of halogens is 2. The number of hydrogen-bond acceptors (Lipinski definition) is 4. The summed E-state index contributed by atoms with van der Waals surface area (Å²) in [6, 6.07) is 4.58. The van der Waals surface area contributed by atoms with Crippen molar-refractivity contribution in [3.63, 3.8) is 0 Å². The largest absolute Gasteiger partial charge is 0.484 e. The number of amides is 1. The van der Waals surface area contributed by atoms with Crippen molar-refractivity contribution in [1.82, 2.24) is 5.32 Å². The van der Waals surface area contributed by atoms with Crippen LogP contribution in [0.25, 0.3) is 0 Å². The lowest BCUT2D eigenvalue weighted by Gasteiger charge is -2.58. The van der Waals surface area contributed by atoms with Crippen molar-refractivity contribution < 1.29 is 24.2 Å². The van der Waals surface area contributed by atoms with E-state index in [1.165, 1.54) is 12.1 Å². The topological polar surface area (TPSA) is 84.9 Å². The lowest BCUT2D eigenvalue weighted by atomic mass is 9.54. The highest BCUT2D eigenvalue weighted by Gasteiger charge is 2.66. The Bertz CT molecular complexity index is 659. The molecule has 0 radical (unpaired) electrons. The summed E-state index contributed by atoms with van der Waals surface area (Å²) in [5.41, 5.74) is -2.14. The molecule has 6 nitrogen and oxygen atoms in total. The van der Waals surface area contributed by atoms with Gasteiger partial charge in [0.25, 0.3) is 5.91 Å². The lowest BCUT2D eigenvalue weighted by molar-refractivity contribution is -0.194. The van der Waals surface area contributed by atoms with Gasteiger partial charge < -0.3 is 19.9 Å². The van der Waals surface area contributed by atoms with Crippen molar-refractivity contribution >= 4 is 35.1 Å². The van der Waals surface area contributed by atoms with Crippen LogP contribution in [-0.4, -0.2) is 41.8 Å². The molecule has 2 rings (SSSR count). The Kier molecular flexibility index (Phi) is 5.86. The molecule has 0 aromatic heterocycles. The molecule has 25 heavy (non-hydrogen) atoms. The molecule has 1 amide bonds. The van der Waals surface area contributed by atoms with Crippen molar-refractivity contribution in [3.8, 4) is 5.75 Å². The van der Waals surface area contributed by atoms with Gasteiger partial charge in [-0.15, -0.1) is 0 Å². The van der Waals surface area contributed by atoms with Crippen LogP contribution in [0.3, 0.4) is 0 Å². The monoisotopic (exact) mass is 389 g/mol. The maximum Gasteiger partial charge on any atom is 0.330 e. The number of carboxylic acids is 1. The van der Waals surface area contributed by atoms with Gasteiger partial charge in [-0.25, -0.2) is 4.79 Å². The molecule has 2 unspecified atom stereocenters. The Morgan fingerprint density at radius 1 is 1.28 bits per heavy atom. The van der Waals surface area contributed by atoms with E-state index in [1.54, 1.807) is 19.9 Å². The molecule has 1 saturated carbocycles. The highest BCUT2D eigenvalue weighted by molar-refractivity contribution is 6.34. The molecule has 0 saturated heterocycles. The van der Waals surface area contributed by atoms with E-state index in [9.17, 15) is 14.7 Å². The van der Waals surface area contributed by atoms with E-state index in [1.807, 2.05) is 6.92 Å². The fourth-order valence-corrected chi connectivity index (χ4v) is 3.58. The summed E-state index contributed by atoms with van der Waals surface area (Å²) in [6.45, 7) is 5.52. The molecule has 1 aliphatic carbocycles. The van der Waals surface area contributed by atoms with E-state index in [0.717, 1.165) is 0 Å². The Morgan fingerprint density at radius 2 is 1.88 bits per heavy atom. The van der Waals surface area contributed by atoms with E-state index in [2.05, 4.69) is 5.32 Å². The van der Waals surface area contributed by atoms with Gasteiger partial charge >= 0.3 is 5.97 Å². The Labute approximate surface area is 156 Å². The lowest BCUT2D eigenvalue weighted by Crippen LogP contribution is -2.76. The number of benzene rings is 1. The number of carbonyl (C=O) groups is 2. The van der Waals surface area contributed by atoms with Gasteiger partial charge in [0.2, 0.25) is 0 Å². The molecule has 0 aliphatic heterocycles. The normalized spacial score (nSPS) is 24.3. The smallest absolute Gasteiger partial charge is 0.330 e. The minimum atomic E-state index is -1.39. The molecule has 0 heterocycles. The van der Waals surface area contributed by atoms with Crippen LogP contribution in [0.15, 0.2) is 18.2 Å². The van der Waals surface area contributed by atoms with E-state index in [0.29, 0.717) is 22.4 Å². The maximum absolute atomic E-state index is 12.2. The molecular formula is C17H21Cl2NO5. The Morgan fingerprint density at radius 3 is 2.36 bits per heavy atom. The molecule has 1 aliphatic rings. The Balaban J connectivity index is 2.03. The highest BCUT2D eigenvalue weighted by Crippen LogP contribution is 2.51. The van der Waals surface area contributed by atoms with Crippen molar-refractivity contribution in [1.29, 1.82) is 0 Å². The highest BCUT2D eigenvalue weighted by atomic mass is 35.5. The van der Waals surface area contributed by atoms with Crippen molar-refractivity contribution in [2.24, 2.45) is 5.41 Å². The van der Waals surface area contributed by atoms with Gasteiger partial charge in [0.15, 0.2) is 6.61 Å². The standard InChI is InChI=1S/C17H21Cl2NO5/c1-4-24-13-8-17(15(22)23,16(13,2)3)20-14(21)9-25-12-6-10(18)5-11(19)7-12/h5-7,13H,4,8-9H2,1-3H3,(H,20,21)(H,22,23). The average Bonchev–Trinajstić information content (AvgIpc) is 2.50. The summed E-state index contributed by atoms with van der Waals surface area (Å²) < 4.78 is 10.9. The van der Waals surface area contributed by atoms with E-state index >= 15 is 0 Å². The van der Waals surface area contributed by atoms with Crippen LogP contribution in [0.5, 0.6) is 5.75 Å². The minimum Gasteiger partial charge on any atom is -0.484 e. The van der Waals surface area contributed by atoms with Crippen LogP contribution in [0.4, 0.5) is 0 Å². The molecule has 1 aromatic rings. The van der Waals surface area contributed by atoms with Crippen molar-refractivity contribution in [2.45, 2.75) is 38.8 Å². The predicted molar refractivity (Wildman–Crippen MR) is 94.3 cm³/mol. The number of hydrogen-bond donors (Lipinski definition) is 2. The van der Waals surface area contributed by atoms with E-state index < -0.39 is 22.8 Å².